The minimum Gasteiger partial charge on any atom is -0.343 e. The molecule has 0 aromatic carbocycles. The second kappa shape index (κ2) is 6.25. The molecule has 0 bridgehead atoms. The van der Waals surface area contributed by atoms with E-state index in [4.69, 9.17) is 0 Å². The summed E-state index contributed by atoms with van der Waals surface area (Å²) >= 11 is 0. The van der Waals surface area contributed by atoms with Gasteiger partial charge in [0.15, 0.2) is 0 Å². The number of carbonyl (C=O) groups is 1. The minimum atomic E-state index is 0.340. The van der Waals surface area contributed by atoms with Crippen LogP contribution in [0, 0.1) is 11.3 Å². The van der Waals surface area contributed by atoms with Crippen molar-refractivity contribution < 1.29 is 4.79 Å². The quantitative estimate of drug-likeness (QED) is 0.784. The van der Waals surface area contributed by atoms with Crippen molar-refractivity contribution in [2.45, 2.75) is 52.9 Å². The molecule has 3 nitrogen and oxygen atoms in total. The van der Waals surface area contributed by atoms with Gasteiger partial charge in [0.2, 0.25) is 5.91 Å². The molecule has 2 aliphatic rings. The molecular weight excluding hydrogens is 236 g/mol. The molecule has 2 saturated heterocycles. The zero-order chi connectivity index (χ0) is 13.9. The predicted molar refractivity (Wildman–Crippen MR) is 79.1 cm³/mol. The number of hydrogen-bond donors (Lipinski definition) is 0. The van der Waals surface area contributed by atoms with E-state index >= 15 is 0 Å². The van der Waals surface area contributed by atoms with Crippen molar-refractivity contribution >= 4 is 5.91 Å². The van der Waals surface area contributed by atoms with E-state index in [1.807, 2.05) is 6.92 Å². The Morgan fingerprint density at radius 1 is 1.05 bits per heavy atom. The molecule has 2 fully saturated rings. The average Bonchev–Trinajstić information content (AvgIpc) is 2.41. The fourth-order valence-electron chi connectivity index (χ4n) is 3.68. The van der Waals surface area contributed by atoms with Crippen LogP contribution in [0.25, 0.3) is 0 Å². The van der Waals surface area contributed by atoms with Gasteiger partial charge >= 0.3 is 0 Å². The van der Waals surface area contributed by atoms with Crippen LogP contribution >= 0.6 is 0 Å². The maximum Gasteiger partial charge on any atom is 0.222 e. The molecule has 0 atom stereocenters. The lowest BCUT2D eigenvalue weighted by Crippen LogP contribution is -2.48. The van der Waals surface area contributed by atoms with Crippen molar-refractivity contribution in [1.29, 1.82) is 0 Å². The Balaban J connectivity index is 1.80. The number of amides is 1. The van der Waals surface area contributed by atoms with E-state index in [1.54, 1.807) is 0 Å². The first-order valence-electron chi connectivity index (χ1n) is 8.05. The van der Waals surface area contributed by atoms with Gasteiger partial charge in [-0.15, -0.1) is 0 Å². The SMILES string of the molecule is CCC(=O)N1CCC2(CCN(CC(C)C)CC2)CC1. The van der Waals surface area contributed by atoms with E-state index in [-0.39, 0.29) is 0 Å². The lowest BCUT2D eigenvalue weighted by Gasteiger charge is -2.47. The van der Waals surface area contributed by atoms with E-state index in [0.717, 1.165) is 19.0 Å². The van der Waals surface area contributed by atoms with Crippen molar-refractivity contribution in [3.63, 3.8) is 0 Å². The number of piperidine rings is 2. The van der Waals surface area contributed by atoms with Crippen LogP contribution in [0.3, 0.4) is 0 Å². The summed E-state index contributed by atoms with van der Waals surface area (Å²) < 4.78 is 0. The highest BCUT2D eigenvalue weighted by molar-refractivity contribution is 5.75. The molecule has 0 radical (unpaired) electrons. The van der Waals surface area contributed by atoms with Gasteiger partial charge in [0.25, 0.3) is 0 Å². The Hall–Kier alpha value is -0.570. The van der Waals surface area contributed by atoms with Crippen molar-refractivity contribution in [1.82, 2.24) is 9.80 Å². The van der Waals surface area contributed by atoms with Crippen molar-refractivity contribution in [2.24, 2.45) is 11.3 Å². The Morgan fingerprint density at radius 2 is 1.58 bits per heavy atom. The van der Waals surface area contributed by atoms with Gasteiger partial charge in [0.1, 0.15) is 0 Å². The maximum absolute atomic E-state index is 11.7. The normalized spacial score (nSPS) is 24.1. The minimum absolute atomic E-state index is 0.340. The molecule has 110 valence electrons. The molecule has 2 heterocycles. The molecule has 0 aromatic rings. The van der Waals surface area contributed by atoms with E-state index in [9.17, 15) is 4.79 Å². The van der Waals surface area contributed by atoms with Gasteiger partial charge in [0.05, 0.1) is 0 Å². The van der Waals surface area contributed by atoms with Crippen LogP contribution in [0.5, 0.6) is 0 Å². The predicted octanol–water partition coefficient (Wildman–Crippen LogP) is 2.76. The summed E-state index contributed by atoms with van der Waals surface area (Å²) in [6, 6.07) is 0. The van der Waals surface area contributed by atoms with Gasteiger partial charge in [-0.2, -0.15) is 0 Å². The highest BCUT2D eigenvalue weighted by Crippen LogP contribution is 2.41. The first-order valence-corrected chi connectivity index (χ1v) is 8.05. The van der Waals surface area contributed by atoms with Crippen molar-refractivity contribution in [3.8, 4) is 0 Å². The lowest BCUT2D eigenvalue weighted by atomic mass is 9.71. The molecule has 0 saturated carbocycles. The molecular formula is C16H30N2O. The summed E-state index contributed by atoms with van der Waals surface area (Å²) in [5, 5.41) is 0. The highest BCUT2D eigenvalue weighted by atomic mass is 16.2. The van der Waals surface area contributed by atoms with Crippen LogP contribution in [0.1, 0.15) is 52.9 Å². The Labute approximate surface area is 118 Å². The van der Waals surface area contributed by atoms with Gasteiger partial charge < -0.3 is 9.80 Å². The molecule has 1 spiro atoms. The van der Waals surface area contributed by atoms with E-state index in [1.165, 1.54) is 45.3 Å². The highest BCUT2D eigenvalue weighted by Gasteiger charge is 2.38. The fourth-order valence-corrected chi connectivity index (χ4v) is 3.68. The second-order valence-electron chi connectivity index (χ2n) is 6.93. The van der Waals surface area contributed by atoms with Gasteiger partial charge in [-0.05, 0) is 50.1 Å². The average molecular weight is 266 g/mol. The molecule has 1 amide bonds. The number of hydrogen-bond acceptors (Lipinski definition) is 2. The number of rotatable bonds is 3. The molecule has 3 heteroatoms. The fraction of sp³-hybridized carbons (Fsp3) is 0.938. The largest absolute Gasteiger partial charge is 0.343 e. The van der Waals surface area contributed by atoms with E-state index < -0.39 is 0 Å². The summed E-state index contributed by atoms with van der Waals surface area (Å²) in [5.41, 5.74) is 0.554. The van der Waals surface area contributed by atoms with Crippen molar-refractivity contribution in [3.05, 3.63) is 0 Å². The smallest absolute Gasteiger partial charge is 0.222 e. The molecule has 19 heavy (non-hydrogen) atoms. The topological polar surface area (TPSA) is 23.6 Å². The zero-order valence-electron chi connectivity index (χ0n) is 13.0. The molecule has 2 rings (SSSR count). The molecule has 0 aromatic heterocycles. The first kappa shape index (κ1) is 14.8. The van der Waals surface area contributed by atoms with Crippen LogP contribution in [0.4, 0.5) is 0 Å². The summed E-state index contributed by atoms with van der Waals surface area (Å²) in [7, 11) is 0. The van der Waals surface area contributed by atoms with Gasteiger partial charge in [-0.3, -0.25) is 4.79 Å². The van der Waals surface area contributed by atoms with Crippen molar-refractivity contribution in [2.75, 3.05) is 32.7 Å². The Bertz CT molecular complexity index is 296. The maximum atomic E-state index is 11.7. The third-order valence-corrected chi connectivity index (χ3v) is 5.02. The van der Waals surface area contributed by atoms with Crippen LogP contribution in [0.15, 0.2) is 0 Å². The number of nitrogens with zero attached hydrogens (tertiary/aromatic N) is 2. The number of carbonyl (C=O) groups excluding carboxylic acids is 1. The van der Waals surface area contributed by atoms with Gasteiger partial charge in [-0.1, -0.05) is 20.8 Å². The van der Waals surface area contributed by atoms with Crippen LogP contribution in [-0.4, -0.2) is 48.4 Å². The van der Waals surface area contributed by atoms with Crippen LogP contribution < -0.4 is 0 Å². The summed E-state index contributed by atoms with van der Waals surface area (Å²) in [6.45, 7) is 12.3. The third kappa shape index (κ3) is 3.71. The Morgan fingerprint density at radius 3 is 2.05 bits per heavy atom. The zero-order valence-corrected chi connectivity index (χ0v) is 13.0. The summed E-state index contributed by atoms with van der Waals surface area (Å²) in [4.78, 5) is 16.4. The molecule has 0 unspecified atom stereocenters. The third-order valence-electron chi connectivity index (χ3n) is 5.02. The van der Waals surface area contributed by atoms with E-state index in [0.29, 0.717) is 17.7 Å². The van der Waals surface area contributed by atoms with Gasteiger partial charge in [0, 0.05) is 26.1 Å². The van der Waals surface area contributed by atoms with E-state index in [2.05, 4.69) is 23.6 Å². The van der Waals surface area contributed by atoms with Crippen LogP contribution in [0.2, 0.25) is 0 Å². The molecule has 0 N–H and O–H groups in total. The van der Waals surface area contributed by atoms with Gasteiger partial charge in [-0.25, -0.2) is 0 Å². The standard InChI is InChI=1S/C16H30N2O/c1-4-15(19)18-11-7-16(8-12-18)5-9-17(10-6-16)13-14(2)3/h14H,4-13H2,1-3H3. The monoisotopic (exact) mass is 266 g/mol. The molecule has 0 aliphatic carbocycles. The summed E-state index contributed by atoms with van der Waals surface area (Å²) in [6.07, 6.45) is 5.80. The summed E-state index contributed by atoms with van der Waals surface area (Å²) in [5.74, 6) is 1.12. The number of likely N-dealkylation sites (tertiary alicyclic amines) is 2. The molecule has 2 aliphatic heterocycles. The first-order chi connectivity index (χ1) is 9.04. The Kier molecular flexibility index (Phi) is 4.88. The van der Waals surface area contributed by atoms with Crippen LogP contribution in [-0.2, 0) is 4.79 Å². The lowest BCUT2D eigenvalue weighted by molar-refractivity contribution is -0.133. The second-order valence-corrected chi connectivity index (χ2v) is 6.93.